The molecule has 0 amide bonds. The first-order valence-electron chi connectivity index (χ1n) is 5.50. The lowest BCUT2D eigenvalue weighted by Gasteiger charge is -2.05. The molecule has 1 heterocycles. The molecule has 92 valence electrons. The third kappa shape index (κ3) is 1.73. The van der Waals surface area contributed by atoms with Crippen LogP contribution in [0.1, 0.15) is 18.9 Å². The van der Waals surface area contributed by atoms with Crippen molar-refractivity contribution in [3.63, 3.8) is 0 Å². The number of rotatable bonds is 3. The van der Waals surface area contributed by atoms with Gasteiger partial charge in [0.05, 0.1) is 16.6 Å². The second kappa shape index (κ2) is 3.86. The number of hydrogen-bond donors (Lipinski definition) is 0. The van der Waals surface area contributed by atoms with Crippen LogP contribution in [0.2, 0.25) is 0 Å². The average molecular weight is 248 g/mol. The molecule has 0 unspecified atom stereocenters. The molecule has 0 spiro atoms. The summed E-state index contributed by atoms with van der Waals surface area (Å²) in [6.45, 7) is 0. The third-order valence-electron chi connectivity index (χ3n) is 2.92. The maximum absolute atomic E-state index is 13.9. The van der Waals surface area contributed by atoms with Crippen LogP contribution in [0, 0.1) is 15.9 Å². The van der Waals surface area contributed by atoms with Gasteiger partial charge in [0.1, 0.15) is 12.1 Å². The fraction of sp³-hybridized carbons (Fsp3) is 0.273. The van der Waals surface area contributed by atoms with E-state index in [0.29, 0.717) is 11.9 Å². The fourth-order valence-electron chi connectivity index (χ4n) is 1.85. The minimum Gasteiger partial charge on any atom is -0.310 e. The van der Waals surface area contributed by atoms with E-state index in [-0.39, 0.29) is 11.3 Å². The highest BCUT2D eigenvalue weighted by atomic mass is 19.1. The molecular formula is C11H9FN4O2. The number of nitro benzene ring substituents is 1. The van der Waals surface area contributed by atoms with E-state index in [4.69, 9.17) is 0 Å². The summed E-state index contributed by atoms with van der Waals surface area (Å²) in [7, 11) is 0. The van der Waals surface area contributed by atoms with E-state index in [9.17, 15) is 14.5 Å². The van der Waals surface area contributed by atoms with Crippen molar-refractivity contribution in [2.24, 2.45) is 0 Å². The van der Waals surface area contributed by atoms with Gasteiger partial charge in [0.25, 0.3) is 5.69 Å². The molecule has 0 N–H and O–H groups in total. The molecule has 0 bridgehead atoms. The summed E-state index contributed by atoms with van der Waals surface area (Å²) >= 11 is 0. The van der Waals surface area contributed by atoms with Crippen molar-refractivity contribution in [3.8, 4) is 11.4 Å². The standard InChI is InChI=1S/C11H9FN4O2/c12-10-5-8(16(17)18)3-4-9(10)11-14-13-6-15(11)7-1-2-7/h3-7H,1-2H2. The molecule has 3 rings (SSSR count). The molecular weight excluding hydrogens is 239 g/mol. The van der Waals surface area contributed by atoms with Gasteiger partial charge in [0, 0.05) is 12.1 Å². The smallest absolute Gasteiger partial charge is 0.272 e. The van der Waals surface area contributed by atoms with Crippen molar-refractivity contribution in [3.05, 3.63) is 40.5 Å². The minimum atomic E-state index is -0.654. The van der Waals surface area contributed by atoms with Crippen LogP contribution in [0.3, 0.4) is 0 Å². The lowest BCUT2D eigenvalue weighted by Crippen LogP contribution is -1.98. The molecule has 1 saturated carbocycles. The van der Waals surface area contributed by atoms with Crippen LogP contribution in [-0.2, 0) is 0 Å². The van der Waals surface area contributed by atoms with E-state index in [1.165, 1.54) is 12.1 Å². The number of aromatic nitrogens is 3. The van der Waals surface area contributed by atoms with E-state index in [2.05, 4.69) is 10.2 Å². The van der Waals surface area contributed by atoms with Crippen molar-refractivity contribution in [2.75, 3.05) is 0 Å². The Bertz CT molecular complexity index is 621. The quantitative estimate of drug-likeness (QED) is 0.617. The Kier molecular flexibility index (Phi) is 2.32. The van der Waals surface area contributed by atoms with Crippen molar-refractivity contribution >= 4 is 5.69 Å². The predicted octanol–water partition coefficient (Wildman–Crippen LogP) is 2.33. The second-order valence-electron chi connectivity index (χ2n) is 4.21. The molecule has 0 radical (unpaired) electrons. The molecule has 6 nitrogen and oxygen atoms in total. The average Bonchev–Trinajstić information content (AvgIpc) is 3.07. The Hall–Kier alpha value is -2.31. The van der Waals surface area contributed by atoms with Crippen molar-refractivity contribution in [2.45, 2.75) is 18.9 Å². The Morgan fingerprint density at radius 3 is 2.83 bits per heavy atom. The predicted molar refractivity (Wildman–Crippen MR) is 60.3 cm³/mol. The Balaban J connectivity index is 2.06. The summed E-state index contributed by atoms with van der Waals surface area (Å²) < 4.78 is 15.7. The van der Waals surface area contributed by atoms with Crippen LogP contribution in [0.25, 0.3) is 11.4 Å². The molecule has 0 aliphatic heterocycles. The number of benzene rings is 1. The first-order valence-corrected chi connectivity index (χ1v) is 5.50. The van der Waals surface area contributed by atoms with Gasteiger partial charge in [0.15, 0.2) is 5.82 Å². The molecule has 18 heavy (non-hydrogen) atoms. The van der Waals surface area contributed by atoms with Gasteiger partial charge >= 0.3 is 0 Å². The zero-order valence-corrected chi connectivity index (χ0v) is 9.28. The molecule has 7 heteroatoms. The number of non-ortho nitro benzene ring substituents is 1. The van der Waals surface area contributed by atoms with Crippen molar-refractivity contribution in [1.29, 1.82) is 0 Å². The molecule has 1 aliphatic carbocycles. The number of nitro groups is 1. The van der Waals surface area contributed by atoms with E-state index in [1.54, 1.807) is 6.33 Å². The maximum atomic E-state index is 13.9. The van der Waals surface area contributed by atoms with E-state index >= 15 is 0 Å². The number of nitrogens with zero attached hydrogens (tertiary/aromatic N) is 4. The summed E-state index contributed by atoms with van der Waals surface area (Å²) in [6, 6.07) is 3.87. The number of hydrogen-bond acceptors (Lipinski definition) is 4. The van der Waals surface area contributed by atoms with Crippen LogP contribution in [0.5, 0.6) is 0 Å². The van der Waals surface area contributed by atoms with Gasteiger partial charge in [-0.2, -0.15) is 0 Å². The molecule has 1 fully saturated rings. The lowest BCUT2D eigenvalue weighted by atomic mass is 10.2. The summed E-state index contributed by atoms with van der Waals surface area (Å²) in [4.78, 5) is 9.92. The molecule has 2 aromatic rings. The Morgan fingerprint density at radius 2 is 2.22 bits per heavy atom. The van der Waals surface area contributed by atoms with Gasteiger partial charge in [-0.25, -0.2) is 4.39 Å². The van der Waals surface area contributed by atoms with Crippen LogP contribution < -0.4 is 0 Å². The van der Waals surface area contributed by atoms with E-state index < -0.39 is 10.7 Å². The van der Waals surface area contributed by atoms with Gasteiger partial charge in [0.2, 0.25) is 0 Å². The molecule has 1 aliphatic rings. The van der Waals surface area contributed by atoms with Gasteiger partial charge < -0.3 is 4.57 Å². The lowest BCUT2D eigenvalue weighted by molar-refractivity contribution is -0.385. The molecule has 0 atom stereocenters. The fourth-order valence-corrected chi connectivity index (χ4v) is 1.85. The zero-order valence-electron chi connectivity index (χ0n) is 9.28. The maximum Gasteiger partial charge on any atom is 0.272 e. The van der Waals surface area contributed by atoms with Crippen LogP contribution in [-0.4, -0.2) is 19.7 Å². The second-order valence-corrected chi connectivity index (χ2v) is 4.21. The SMILES string of the molecule is O=[N+]([O-])c1ccc(-c2nncn2C2CC2)c(F)c1. The van der Waals surface area contributed by atoms with E-state index in [0.717, 1.165) is 18.9 Å². The molecule has 1 aromatic heterocycles. The number of halogens is 1. The van der Waals surface area contributed by atoms with Crippen LogP contribution in [0.15, 0.2) is 24.5 Å². The topological polar surface area (TPSA) is 73.8 Å². The summed E-state index contributed by atoms with van der Waals surface area (Å²) in [5.41, 5.74) is -0.0289. The Morgan fingerprint density at radius 1 is 1.44 bits per heavy atom. The highest BCUT2D eigenvalue weighted by Gasteiger charge is 2.27. The first kappa shape index (κ1) is 10.8. The van der Waals surface area contributed by atoms with Crippen LogP contribution >= 0.6 is 0 Å². The Labute approximate surface area is 101 Å². The molecule has 1 aromatic carbocycles. The normalized spacial score (nSPS) is 14.7. The van der Waals surface area contributed by atoms with Gasteiger partial charge in [-0.1, -0.05) is 0 Å². The van der Waals surface area contributed by atoms with Gasteiger partial charge in [-0.15, -0.1) is 10.2 Å². The van der Waals surface area contributed by atoms with Crippen LogP contribution in [0.4, 0.5) is 10.1 Å². The van der Waals surface area contributed by atoms with Crippen molar-refractivity contribution in [1.82, 2.24) is 14.8 Å². The zero-order chi connectivity index (χ0) is 12.7. The van der Waals surface area contributed by atoms with Crippen molar-refractivity contribution < 1.29 is 9.31 Å². The summed E-state index contributed by atoms with van der Waals surface area (Å²) in [6.07, 6.45) is 3.62. The minimum absolute atomic E-state index is 0.241. The highest BCUT2D eigenvalue weighted by Crippen LogP contribution is 2.38. The van der Waals surface area contributed by atoms with Gasteiger partial charge in [-0.3, -0.25) is 10.1 Å². The highest BCUT2D eigenvalue weighted by molar-refractivity contribution is 5.58. The monoisotopic (exact) mass is 248 g/mol. The molecule has 0 saturated heterocycles. The largest absolute Gasteiger partial charge is 0.310 e. The summed E-state index contributed by atoms with van der Waals surface area (Å²) in [5.74, 6) is -0.232. The van der Waals surface area contributed by atoms with Gasteiger partial charge in [-0.05, 0) is 18.9 Å². The van der Waals surface area contributed by atoms with E-state index in [1.807, 2.05) is 4.57 Å². The summed E-state index contributed by atoms with van der Waals surface area (Å²) in [5, 5.41) is 18.2. The third-order valence-corrected chi connectivity index (χ3v) is 2.92. The first-order chi connectivity index (χ1) is 8.66.